The van der Waals surface area contributed by atoms with Crippen LogP contribution in [0.1, 0.15) is 25.3 Å². The molecule has 1 fully saturated rings. The first-order valence-electron chi connectivity index (χ1n) is 9.50. The number of amides is 2. The summed E-state index contributed by atoms with van der Waals surface area (Å²) in [5.41, 5.74) is 2.09. The lowest BCUT2D eigenvalue weighted by Crippen LogP contribution is -2.38. The van der Waals surface area contributed by atoms with Crippen molar-refractivity contribution < 1.29 is 9.59 Å². The molecule has 2 aromatic rings. The molecule has 1 saturated heterocycles. The molecule has 2 amide bonds. The molecule has 2 heterocycles. The molecule has 0 spiro atoms. The summed E-state index contributed by atoms with van der Waals surface area (Å²) in [6.07, 6.45) is 1.27. The lowest BCUT2D eigenvalue weighted by atomic mass is 10.1. The van der Waals surface area contributed by atoms with Gasteiger partial charge in [-0.05, 0) is 24.1 Å². The van der Waals surface area contributed by atoms with Crippen molar-refractivity contribution in [3.05, 3.63) is 60.2 Å². The van der Waals surface area contributed by atoms with E-state index in [0.29, 0.717) is 31.3 Å². The Labute approximate surface area is 164 Å². The van der Waals surface area contributed by atoms with E-state index in [9.17, 15) is 9.59 Å². The topological polar surface area (TPSA) is 40.6 Å². The van der Waals surface area contributed by atoms with E-state index in [1.54, 1.807) is 0 Å². The third kappa shape index (κ3) is 3.88. The first-order valence-corrected chi connectivity index (χ1v) is 10.4. The van der Waals surface area contributed by atoms with Gasteiger partial charge in [-0.1, -0.05) is 49.4 Å². The summed E-state index contributed by atoms with van der Waals surface area (Å²) in [5, 5.41) is 0.476. The van der Waals surface area contributed by atoms with E-state index >= 15 is 0 Å². The molecular weight excluding hydrogens is 356 g/mol. The minimum atomic E-state index is -0.257. The van der Waals surface area contributed by atoms with Gasteiger partial charge in [0.25, 0.3) is 0 Å². The zero-order valence-electron chi connectivity index (χ0n) is 15.5. The van der Waals surface area contributed by atoms with Gasteiger partial charge in [-0.15, -0.1) is 11.8 Å². The third-order valence-corrected chi connectivity index (χ3v) is 6.53. The molecule has 2 atom stereocenters. The van der Waals surface area contributed by atoms with Crippen molar-refractivity contribution in [2.75, 3.05) is 18.0 Å². The number of rotatable bonds is 3. The number of hydrogen-bond donors (Lipinski definition) is 0. The highest BCUT2D eigenvalue weighted by Gasteiger charge is 2.37. The molecule has 2 aliphatic heterocycles. The van der Waals surface area contributed by atoms with Gasteiger partial charge in [0, 0.05) is 36.2 Å². The molecule has 0 bridgehead atoms. The van der Waals surface area contributed by atoms with Crippen LogP contribution < -0.4 is 4.90 Å². The van der Waals surface area contributed by atoms with E-state index < -0.39 is 0 Å². The highest BCUT2D eigenvalue weighted by molar-refractivity contribution is 8.00. The van der Waals surface area contributed by atoms with E-state index in [2.05, 4.69) is 13.0 Å². The van der Waals surface area contributed by atoms with E-state index in [0.717, 1.165) is 22.6 Å². The summed E-state index contributed by atoms with van der Waals surface area (Å²) in [6.45, 7) is 4.00. The van der Waals surface area contributed by atoms with Crippen LogP contribution in [-0.4, -0.2) is 35.1 Å². The summed E-state index contributed by atoms with van der Waals surface area (Å²) >= 11 is 1.83. The SMILES string of the molecule is CC1CCN(C(=O)C2CC(=O)N(Cc3ccccc3)C2)c2ccccc2S1. The van der Waals surface area contributed by atoms with Crippen LogP contribution in [0.2, 0.25) is 0 Å². The van der Waals surface area contributed by atoms with Gasteiger partial charge in [0.2, 0.25) is 11.8 Å². The number of carbonyl (C=O) groups is 2. The second-order valence-corrected chi connectivity index (χ2v) is 8.82. The van der Waals surface area contributed by atoms with Crippen LogP contribution in [-0.2, 0) is 16.1 Å². The van der Waals surface area contributed by atoms with Crippen molar-refractivity contribution in [3.63, 3.8) is 0 Å². The number of carbonyl (C=O) groups excluding carboxylic acids is 2. The van der Waals surface area contributed by atoms with E-state index in [4.69, 9.17) is 0 Å². The lowest BCUT2D eigenvalue weighted by Gasteiger charge is -2.25. The number of para-hydroxylation sites is 1. The van der Waals surface area contributed by atoms with E-state index in [-0.39, 0.29) is 17.7 Å². The van der Waals surface area contributed by atoms with Crippen molar-refractivity contribution in [2.24, 2.45) is 5.92 Å². The molecule has 2 unspecified atom stereocenters. The Morgan fingerprint density at radius 2 is 1.85 bits per heavy atom. The van der Waals surface area contributed by atoms with Crippen molar-refractivity contribution in [1.29, 1.82) is 0 Å². The average molecular weight is 381 g/mol. The maximum atomic E-state index is 13.3. The number of thioether (sulfide) groups is 1. The van der Waals surface area contributed by atoms with E-state index in [1.165, 1.54) is 0 Å². The van der Waals surface area contributed by atoms with Crippen molar-refractivity contribution in [3.8, 4) is 0 Å². The Kier molecular flexibility index (Phi) is 5.21. The van der Waals surface area contributed by atoms with Crippen LogP contribution in [0.15, 0.2) is 59.5 Å². The fraction of sp³-hybridized carbons (Fsp3) is 0.364. The van der Waals surface area contributed by atoms with Crippen molar-refractivity contribution >= 4 is 29.3 Å². The molecule has 0 aliphatic carbocycles. The molecule has 2 aliphatic rings. The van der Waals surface area contributed by atoms with Crippen molar-refractivity contribution in [1.82, 2.24) is 4.90 Å². The van der Waals surface area contributed by atoms with E-state index in [1.807, 2.05) is 70.1 Å². The molecule has 4 nitrogen and oxygen atoms in total. The number of fused-ring (bicyclic) bond motifs is 1. The van der Waals surface area contributed by atoms with Crippen LogP contribution in [0.3, 0.4) is 0 Å². The summed E-state index contributed by atoms with van der Waals surface area (Å²) in [5.74, 6) is -0.100. The van der Waals surface area contributed by atoms with Gasteiger partial charge in [-0.2, -0.15) is 0 Å². The molecule has 0 radical (unpaired) electrons. The number of hydrogen-bond acceptors (Lipinski definition) is 3. The maximum absolute atomic E-state index is 13.3. The van der Waals surface area contributed by atoms with Gasteiger partial charge >= 0.3 is 0 Å². The normalized spacial score (nSPS) is 22.5. The van der Waals surface area contributed by atoms with Crippen LogP contribution in [0.5, 0.6) is 0 Å². The lowest BCUT2D eigenvalue weighted by molar-refractivity contribution is -0.128. The summed E-state index contributed by atoms with van der Waals surface area (Å²) in [7, 11) is 0. The highest BCUT2D eigenvalue weighted by Crippen LogP contribution is 2.38. The van der Waals surface area contributed by atoms with Crippen molar-refractivity contribution in [2.45, 2.75) is 36.5 Å². The molecule has 4 rings (SSSR count). The zero-order chi connectivity index (χ0) is 18.8. The van der Waals surface area contributed by atoms with Gasteiger partial charge in [0.05, 0.1) is 11.6 Å². The van der Waals surface area contributed by atoms with Gasteiger partial charge in [0.15, 0.2) is 0 Å². The molecule has 5 heteroatoms. The Hall–Kier alpha value is -2.27. The highest BCUT2D eigenvalue weighted by atomic mass is 32.2. The summed E-state index contributed by atoms with van der Waals surface area (Å²) in [6, 6.07) is 18.1. The largest absolute Gasteiger partial charge is 0.338 e. The number of likely N-dealkylation sites (tertiary alicyclic amines) is 1. The summed E-state index contributed by atoms with van der Waals surface area (Å²) in [4.78, 5) is 30.7. The fourth-order valence-electron chi connectivity index (χ4n) is 3.83. The predicted octanol–water partition coefficient (Wildman–Crippen LogP) is 3.95. The number of nitrogens with zero attached hydrogens (tertiary/aromatic N) is 2. The van der Waals surface area contributed by atoms with Gasteiger partial charge in [-0.25, -0.2) is 0 Å². The third-order valence-electron chi connectivity index (χ3n) is 5.29. The summed E-state index contributed by atoms with van der Waals surface area (Å²) < 4.78 is 0. The Balaban J connectivity index is 1.51. The Bertz CT molecular complexity index is 839. The quantitative estimate of drug-likeness (QED) is 0.809. The Morgan fingerprint density at radius 3 is 2.67 bits per heavy atom. The molecule has 2 aromatic carbocycles. The first kappa shape index (κ1) is 18.1. The molecule has 0 N–H and O–H groups in total. The number of anilines is 1. The van der Waals surface area contributed by atoms with Crippen LogP contribution in [0.25, 0.3) is 0 Å². The van der Waals surface area contributed by atoms with Crippen LogP contribution in [0.4, 0.5) is 5.69 Å². The van der Waals surface area contributed by atoms with Gasteiger partial charge < -0.3 is 9.80 Å². The first-order chi connectivity index (χ1) is 13.1. The molecule has 0 saturated carbocycles. The second-order valence-electron chi connectivity index (χ2n) is 7.34. The van der Waals surface area contributed by atoms with Gasteiger partial charge in [-0.3, -0.25) is 9.59 Å². The predicted molar refractivity (Wildman–Crippen MR) is 109 cm³/mol. The van der Waals surface area contributed by atoms with Crippen LogP contribution in [0, 0.1) is 5.92 Å². The monoisotopic (exact) mass is 380 g/mol. The minimum absolute atomic E-state index is 0.0723. The molecule has 0 aromatic heterocycles. The molecule has 140 valence electrons. The molecular formula is C22H24N2O2S. The van der Waals surface area contributed by atoms with Gasteiger partial charge in [0.1, 0.15) is 0 Å². The fourth-order valence-corrected chi connectivity index (χ4v) is 4.94. The maximum Gasteiger partial charge on any atom is 0.232 e. The Morgan fingerprint density at radius 1 is 1.11 bits per heavy atom. The second kappa shape index (κ2) is 7.77. The zero-order valence-corrected chi connectivity index (χ0v) is 16.3. The smallest absolute Gasteiger partial charge is 0.232 e. The standard InChI is InChI=1S/C22H24N2O2S/c1-16-11-12-24(19-9-5-6-10-20(19)27-16)22(26)18-13-21(25)23(15-18)14-17-7-3-2-4-8-17/h2-10,16,18H,11-15H2,1H3. The minimum Gasteiger partial charge on any atom is -0.338 e. The molecule has 27 heavy (non-hydrogen) atoms. The van der Waals surface area contributed by atoms with Crippen LogP contribution >= 0.6 is 11.8 Å². The number of benzene rings is 2. The average Bonchev–Trinajstić information content (AvgIpc) is 2.94.